The lowest BCUT2D eigenvalue weighted by Gasteiger charge is -2.16. The minimum absolute atomic E-state index is 0. The van der Waals surface area contributed by atoms with Crippen LogP contribution in [0.15, 0.2) is 54.6 Å². The number of fused-ring (bicyclic) bond motifs is 1. The molecule has 0 amide bonds. The number of rotatable bonds is 2. The number of nitrogens with zero attached hydrogens (tertiary/aromatic N) is 1. The Morgan fingerprint density at radius 3 is 2.42 bits per heavy atom. The second-order valence-corrected chi connectivity index (χ2v) is 4.90. The monoisotopic (exact) mass is 315 g/mol. The molecule has 0 aliphatic carbocycles. The topological polar surface area (TPSA) is 3.01 Å². The van der Waals surface area contributed by atoms with E-state index in [1.165, 1.54) is 22.4 Å². The van der Waals surface area contributed by atoms with Crippen LogP contribution in [0.4, 0.5) is 0 Å². The van der Waals surface area contributed by atoms with Gasteiger partial charge in [-0.2, -0.15) is 0 Å². The summed E-state index contributed by atoms with van der Waals surface area (Å²) in [6.07, 6.45) is 1.15. The van der Waals surface area contributed by atoms with E-state index in [1.54, 1.807) is 0 Å². The van der Waals surface area contributed by atoms with Gasteiger partial charge in [-0.25, -0.2) is 4.58 Å². The first-order valence-corrected chi connectivity index (χ1v) is 6.55. The van der Waals surface area contributed by atoms with Crippen molar-refractivity contribution in [1.29, 1.82) is 0 Å². The lowest BCUT2D eigenvalue weighted by Crippen LogP contribution is -3.00. The minimum Gasteiger partial charge on any atom is -1.00 e. The van der Waals surface area contributed by atoms with Gasteiger partial charge in [-0.3, -0.25) is 0 Å². The van der Waals surface area contributed by atoms with Gasteiger partial charge in [0, 0.05) is 24.5 Å². The molecule has 0 N–H and O–H groups in total. The van der Waals surface area contributed by atoms with Crippen molar-refractivity contribution in [1.82, 2.24) is 0 Å². The first-order valence-electron chi connectivity index (χ1n) is 6.55. The Morgan fingerprint density at radius 2 is 1.63 bits per heavy atom. The fourth-order valence-electron chi connectivity index (χ4n) is 2.69. The number of hydrogen-bond acceptors (Lipinski definition) is 0. The highest BCUT2D eigenvalue weighted by atomic mass is 79.9. The summed E-state index contributed by atoms with van der Waals surface area (Å²) in [4.78, 5) is 0. The molecule has 0 atom stereocenters. The second kappa shape index (κ2) is 6.16. The molecule has 1 aliphatic rings. The summed E-state index contributed by atoms with van der Waals surface area (Å²) in [7, 11) is 0. The van der Waals surface area contributed by atoms with Crippen molar-refractivity contribution >= 4 is 5.71 Å². The average molecular weight is 316 g/mol. The Morgan fingerprint density at radius 1 is 0.947 bits per heavy atom. The summed E-state index contributed by atoms with van der Waals surface area (Å²) in [6.45, 7) is 4.37. The molecule has 3 rings (SSSR count). The van der Waals surface area contributed by atoms with Crippen molar-refractivity contribution in [2.75, 3.05) is 6.54 Å². The van der Waals surface area contributed by atoms with Crippen LogP contribution in [0.3, 0.4) is 0 Å². The summed E-state index contributed by atoms with van der Waals surface area (Å²) in [5, 5.41) is 0. The predicted octanol–water partition coefficient (Wildman–Crippen LogP) is 0.268. The van der Waals surface area contributed by atoms with Gasteiger partial charge in [0.25, 0.3) is 0 Å². The number of hydrogen-bond donors (Lipinski definition) is 0. The SMILES string of the molecule is CC1=[N+](Cc2ccccc2)CCc2ccccc21.[Br-]. The van der Waals surface area contributed by atoms with Crippen LogP contribution in [-0.2, 0) is 13.0 Å². The molecule has 1 heterocycles. The van der Waals surface area contributed by atoms with Crippen LogP contribution in [-0.4, -0.2) is 16.8 Å². The molecule has 0 aromatic heterocycles. The Hall–Kier alpha value is -1.41. The third-order valence-corrected chi connectivity index (χ3v) is 3.75. The van der Waals surface area contributed by atoms with Crippen molar-refractivity contribution in [3.8, 4) is 0 Å². The number of halogens is 1. The molecule has 0 fully saturated rings. The first-order chi connectivity index (χ1) is 8.84. The zero-order valence-corrected chi connectivity index (χ0v) is 12.7. The molecule has 0 saturated carbocycles. The van der Waals surface area contributed by atoms with Crippen LogP contribution in [0.2, 0.25) is 0 Å². The first kappa shape index (κ1) is 14.0. The van der Waals surface area contributed by atoms with Crippen LogP contribution < -0.4 is 17.0 Å². The highest BCUT2D eigenvalue weighted by Crippen LogP contribution is 2.16. The normalized spacial score (nSPS) is 13.7. The highest BCUT2D eigenvalue weighted by Gasteiger charge is 2.21. The fraction of sp³-hybridized carbons (Fsp3) is 0.235. The zero-order chi connectivity index (χ0) is 12.4. The van der Waals surface area contributed by atoms with Gasteiger partial charge in [0.2, 0.25) is 0 Å². The molecule has 2 aromatic rings. The van der Waals surface area contributed by atoms with E-state index in [0.717, 1.165) is 19.5 Å². The van der Waals surface area contributed by atoms with Gasteiger partial charge in [0.1, 0.15) is 6.54 Å². The molecule has 1 aliphatic heterocycles. The maximum Gasteiger partial charge on any atom is 0.180 e. The van der Waals surface area contributed by atoms with Gasteiger partial charge in [0.15, 0.2) is 12.3 Å². The molecule has 0 bridgehead atoms. The molecule has 0 saturated heterocycles. The van der Waals surface area contributed by atoms with E-state index < -0.39 is 0 Å². The lowest BCUT2D eigenvalue weighted by molar-refractivity contribution is -0.545. The van der Waals surface area contributed by atoms with Gasteiger partial charge in [0.05, 0.1) is 0 Å². The maximum atomic E-state index is 2.48. The quantitative estimate of drug-likeness (QED) is 0.700. The maximum absolute atomic E-state index is 2.48. The molecule has 0 unspecified atom stereocenters. The molecule has 19 heavy (non-hydrogen) atoms. The van der Waals surface area contributed by atoms with Gasteiger partial charge in [-0.15, -0.1) is 0 Å². The summed E-state index contributed by atoms with van der Waals surface area (Å²) < 4.78 is 2.48. The van der Waals surface area contributed by atoms with Gasteiger partial charge < -0.3 is 17.0 Å². The largest absolute Gasteiger partial charge is 1.00 e. The van der Waals surface area contributed by atoms with Crippen molar-refractivity contribution in [3.05, 3.63) is 71.3 Å². The van der Waals surface area contributed by atoms with E-state index in [1.807, 2.05) is 0 Å². The second-order valence-electron chi connectivity index (χ2n) is 4.90. The van der Waals surface area contributed by atoms with E-state index in [0.29, 0.717) is 0 Å². The van der Waals surface area contributed by atoms with Gasteiger partial charge >= 0.3 is 0 Å². The van der Waals surface area contributed by atoms with Crippen molar-refractivity contribution < 1.29 is 21.6 Å². The van der Waals surface area contributed by atoms with E-state index in [4.69, 9.17) is 0 Å². The van der Waals surface area contributed by atoms with E-state index in [-0.39, 0.29) is 17.0 Å². The standard InChI is InChI=1S/C17H18N.BrH/c1-14-17-10-6-5-9-16(17)11-12-18(14)13-15-7-3-2-4-8-15;/h2-10H,11-13H2,1H3;1H/q+1;/p-1. The molecule has 0 spiro atoms. The fourth-order valence-corrected chi connectivity index (χ4v) is 2.69. The molecule has 98 valence electrons. The van der Waals surface area contributed by atoms with Crippen molar-refractivity contribution in [2.24, 2.45) is 0 Å². The zero-order valence-electron chi connectivity index (χ0n) is 11.1. The Kier molecular flexibility index (Phi) is 4.54. The van der Waals surface area contributed by atoms with Crippen LogP contribution in [0.5, 0.6) is 0 Å². The Labute approximate surface area is 125 Å². The van der Waals surface area contributed by atoms with Gasteiger partial charge in [-0.1, -0.05) is 48.5 Å². The lowest BCUT2D eigenvalue weighted by atomic mass is 9.97. The van der Waals surface area contributed by atoms with Crippen LogP contribution in [0, 0.1) is 0 Å². The Bertz CT molecular complexity index is 587. The van der Waals surface area contributed by atoms with Crippen molar-refractivity contribution in [3.63, 3.8) is 0 Å². The number of benzene rings is 2. The van der Waals surface area contributed by atoms with Crippen LogP contribution in [0.1, 0.15) is 23.6 Å². The van der Waals surface area contributed by atoms with Crippen molar-refractivity contribution in [2.45, 2.75) is 19.9 Å². The van der Waals surface area contributed by atoms with E-state index in [9.17, 15) is 0 Å². The smallest absolute Gasteiger partial charge is 0.180 e. The summed E-state index contributed by atoms with van der Waals surface area (Å²) in [5.74, 6) is 0. The summed E-state index contributed by atoms with van der Waals surface area (Å²) >= 11 is 0. The molecular weight excluding hydrogens is 298 g/mol. The van der Waals surface area contributed by atoms with Gasteiger partial charge in [-0.05, 0) is 11.6 Å². The molecule has 1 nitrogen and oxygen atoms in total. The van der Waals surface area contributed by atoms with E-state index in [2.05, 4.69) is 66.1 Å². The Balaban J connectivity index is 0.00000133. The third-order valence-electron chi connectivity index (χ3n) is 3.75. The molecule has 0 radical (unpaired) electrons. The summed E-state index contributed by atoms with van der Waals surface area (Å²) in [6, 6.07) is 19.5. The molecule has 2 heteroatoms. The minimum atomic E-state index is 0. The predicted molar refractivity (Wildman–Crippen MR) is 75.2 cm³/mol. The highest BCUT2D eigenvalue weighted by molar-refractivity contribution is 5.96. The molecule has 2 aromatic carbocycles. The van der Waals surface area contributed by atoms with E-state index >= 15 is 0 Å². The summed E-state index contributed by atoms with van der Waals surface area (Å²) in [5.41, 5.74) is 5.69. The third kappa shape index (κ3) is 2.95. The van der Waals surface area contributed by atoms with Crippen LogP contribution >= 0.6 is 0 Å². The molecular formula is C17H18BrN. The average Bonchev–Trinajstić information content (AvgIpc) is 2.43. The van der Waals surface area contributed by atoms with Crippen LogP contribution in [0.25, 0.3) is 0 Å².